The maximum atomic E-state index is 13.4. The van der Waals surface area contributed by atoms with E-state index in [-0.39, 0.29) is 10.8 Å². The number of fused-ring (bicyclic) bond motifs is 2. The van der Waals surface area contributed by atoms with Gasteiger partial charge in [-0.05, 0) is 74.5 Å². The fourth-order valence-electron chi connectivity index (χ4n) is 6.14. The monoisotopic (exact) mass is 390 g/mol. The molecule has 5 rings (SSSR count). The lowest BCUT2D eigenvalue weighted by Crippen LogP contribution is -2.45. The summed E-state index contributed by atoms with van der Waals surface area (Å²) in [7, 11) is 0. The van der Waals surface area contributed by atoms with Crippen LogP contribution in [0.1, 0.15) is 75.1 Å². The van der Waals surface area contributed by atoms with Crippen molar-refractivity contribution >= 4 is 5.78 Å². The maximum Gasteiger partial charge on any atom is 0.162 e. The summed E-state index contributed by atoms with van der Waals surface area (Å²) in [6.07, 6.45) is 7.69. The van der Waals surface area contributed by atoms with Crippen LogP contribution in [-0.2, 0) is 4.79 Å². The quantitative estimate of drug-likeness (QED) is 0.711. The molecule has 1 spiro atoms. The highest BCUT2D eigenvalue weighted by Crippen LogP contribution is 2.58. The topological polar surface area (TPSA) is 66.7 Å². The predicted molar refractivity (Wildman–Crippen MR) is 112 cm³/mol. The van der Waals surface area contributed by atoms with Crippen LogP contribution in [-0.4, -0.2) is 17.3 Å². The standard InChI is InChI=1S/C24H30N4O/c1-14-15(2)25-10-7-17(14)16-5-8-24(9-6-16)18-13-26-28-22(18)27-19-11-23(3,4)12-20(29)21(19)24/h7,10,16,27H,5-6,8-9,11-13H2,1-4H3. The molecule has 4 aliphatic rings. The molecule has 152 valence electrons. The zero-order chi connectivity index (χ0) is 20.4. The van der Waals surface area contributed by atoms with Gasteiger partial charge in [0.15, 0.2) is 11.6 Å². The summed E-state index contributed by atoms with van der Waals surface area (Å²) in [5.74, 6) is 1.79. The van der Waals surface area contributed by atoms with E-state index in [1.807, 2.05) is 6.20 Å². The average Bonchev–Trinajstić information content (AvgIpc) is 3.13. The van der Waals surface area contributed by atoms with Crippen molar-refractivity contribution in [2.45, 2.75) is 72.1 Å². The van der Waals surface area contributed by atoms with Gasteiger partial charge in [0.05, 0.1) is 6.54 Å². The summed E-state index contributed by atoms with van der Waals surface area (Å²) >= 11 is 0. The molecule has 2 aliphatic carbocycles. The van der Waals surface area contributed by atoms with E-state index < -0.39 is 0 Å². The van der Waals surface area contributed by atoms with Gasteiger partial charge >= 0.3 is 0 Å². The molecular weight excluding hydrogens is 360 g/mol. The molecule has 2 aliphatic heterocycles. The Labute approximate surface area is 172 Å². The number of allylic oxidation sites excluding steroid dienone is 2. The molecule has 1 aromatic rings. The number of hydrogen-bond acceptors (Lipinski definition) is 5. The average molecular weight is 391 g/mol. The van der Waals surface area contributed by atoms with Crippen LogP contribution in [0.4, 0.5) is 0 Å². The first kappa shape index (κ1) is 18.7. The Hall–Kier alpha value is -2.30. The fraction of sp³-hybridized carbons (Fsp3) is 0.583. The zero-order valence-electron chi connectivity index (χ0n) is 17.9. The van der Waals surface area contributed by atoms with Crippen molar-refractivity contribution in [1.82, 2.24) is 10.3 Å². The van der Waals surface area contributed by atoms with E-state index in [1.165, 1.54) is 16.7 Å². The number of ketones is 1. The number of azo groups is 1. The molecule has 29 heavy (non-hydrogen) atoms. The third kappa shape index (κ3) is 2.81. The summed E-state index contributed by atoms with van der Waals surface area (Å²) in [6, 6.07) is 2.19. The number of dihydropyridines is 1. The molecule has 0 amide bonds. The molecule has 3 heterocycles. The van der Waals surface area contributed by atoms with Crippen LogP contribution in [0.5, 0.6) is 0 Å². The number of Topliss-reactive ketones (excluding diaryl/α,β-unsaturated/α-hetero) is 1. The minimum atomic E-state index is -0.167. The van der Waals surface area contributed by atoms with Crippen molar-refractivity contribution in [3.8, 4) is 0 Å². The van der Waals surface area contributed by atoms with Crippen molar-refractivity contribution < 1.29 is 4.79 Å². The summed E-state index contributed by atoms with van der Waals surface area (Å²) in [4.78, 5) is 17.8. The van der Waals surface area contributed by atoms with Crippen molar-refractivity contribution in [3.05, 3.63) is 51.7 Å². The number of pyridine rings is 1. The van der Waals surface area contributed by atoms with Crippen LogP contribution in [0.15, 0.2) is 45.2 Å². The number of nitrogens with one attached hydrogen (secondary N) is 1. The molecule has 5 nitrogen and oxygen atoms in total. The van der Waals surface area contributed by atoms with E-state index in [0.29, 0.717) is 24.7 Å². The Bertz CT molecular complexity index is 990. The first-order chi connectivity index (χ1) is 13.8. The molecule has 0 bridgehead atoms. The van der Waals surface area contributed by atoms with E-state index in [1.54, 1.807) is 0 Å². The van der Waals surface area contributed by atoms with Gasteiger partial charge in [-0.1, -0.05) is 13.8 Å². The molecule has 5 heteroatoms. The van der Waals surface area contributed by atoms with Crippen LogP contribution >= 0.6 is 0 Å². The minimum Gasteiger partial charge on any atom is -0.342 e. The summed E-state index contributed by atoms with van der Waals surface area (Å²) in [5.41, 5.74) is 7.13. The van der Waals surface area contributed by atoms with Crippen molar-refractivity contribution in [3.63, 3.8) is 0 Å². The molecule has 1 N–H and O–H groups in total. The highest BCUT2D eigenvalue weighted by Gasteiger charge is 2.52. The van der Waals surface area contributed by atoms with Gasteiger partial charge in [0.2, 0.25) is 0 Å². The van der Waals surface area contributed by atoms with Crippen LogP contribution in [0.25, 0.3) is 0 Å². The summed E-state index contributed by atoms with van der Waals surface area (Å²) in [5, 5.41) is 12.3. The second kappa shape index (κ2) is 6.35. The summed E-state index contributed by atoms with van der Waals surface area (Å²) < 4.78 is 0. The van der Waals surface area contributed by atoms with Gasteiger partial charge in [0.25, 0.3) is 0 Å². The second-order valence-corrected chi connectivity index (χ2v) is 10.1. The van der Waals surface area contributed by atoms with Gasteiger partial charge in [0.1, 0.15) is 0 Å². The third-order valence-corrected chi connectivity index (χ3v) is 7.66. The zero-order valence-corrected chi connectivity index (χ0v) is 17.9. The molecule has 0 saturated heterocycles. The number of aromatic nitrogens is 1. The van der Waals surface area contributed by atoms with Gasteiger partial charge in [-0.3, -0.25) is 9.78 Å². The third-order valence-electron chi connectivity index (χ3n) is 7.66. The van der Waals surface area contributed by atoms with Crippen LogP contribution < -0.4 is 5.32 Å². The number of carbonyl (C=O) groups excluding carboxylic acids is 1. The van der Waals surface area contributed by atoms with Gasteiger partial charge in [-0.25, -0.2) is 0 Å². The highest BCUT2D eigenvalue weighted by atomic mass is 16.1. The number of carbonyl (C=O) groups is 1. The Balaban J connectivity index is 1.52. The largest absolute Gasteiger partial charge is 0.342 e. The normalized spacial score (nSPS) is 30.5. The number of rotatable bonds is 1. The minimum absolute atomic E-state index is 0.000790. The number of nitrogens with zero attached hydrogens (tertiary/aromatic N) is 3. The first-order valence-corrected chi connectivity index (χ1v) is 10.9. The van der Waals surface area contributed by atoms with Crippen molar-refractivity contribution in [1.29, 1.82) is 0 Å². The molecule has 1 fully saturated rings. The Morgan fingerprint density at radius 2 is 1.90 bits per heavy atom. The first-order valence-electron chi connectivity index (χ1n) is 10.9. The molecule has 1 saturated carbocycles. The van der Waals surface area contributed by atoms with Gasteiger partial charge in [0, 0.05) is 40.6 Å². The van der Waals surface area contributed by atoms with E-state index in [0.717, 1.165) is 54.9 Å². The van der Waals surface area contributed by atoms with Crippen LogP contribution in [0, 0.1) is 24.7 Å². The van der Waals surface area contributed by atoms with Gasteiger partial charge in [-0.2, -0.15) is 5.11 Å². The van der Waals surface area contributed by atoms with Crippen molar-refractivity contribution in [2.75, 3.05) is 6.54 Å². The van der Waals surface area contributed by atoms with Crippen LogP contribution in [0.3, 0.4) is 0 Å². The molecule has 0 unspecified atom stereocenters. The Kier molecular flexibility index (Phi) is 4.10. The van der Waals surface area contributed by atoms with E-state index >= 15 is 0 Å². The Morgan fingerprint density at radius 1 is 1.14 bits per heavy atom. The molecule has 0 atom stereocenters. The van der Waals surface area contributed by atoms with E-state index in [9.17, 15) is 4.79 Å². The Morgan fingerprint density at radius 3 is 2.66 bits per heavy atom. The van der Waals surface area contributed by atoms with Crippen molar-refractivity contribution in [2.24, 2.45) is 21.1 Å². The predicted octanol–water partition coefficient (Wildman–Crippen LogP) is 5.27. The van der Waals surface area contributed by atoms with E-state index in [4.69, 9.17) is 0 Å². The number of hydrogen-bond donors (Lipinski definition) is 1. The number of aryl methyl sites for hydroxylation is 1. The molecule has 0 radical (unpaired) electrons. The fourth-order valence-corrected chi connectivity index (χ4v) is 6.14. The van der Waals surface area contributed by atoms with Gasteiger partial charge < -0.3 is 5.32 Å². The second-order valence-electron chi connectivity index (χ2n) is 10.1. The molecular formula is C24H30N4O. The lowest BCUT2D eigenvalue weighted by atomic mass is 9.56. The molecule has 0 aromatic carbocycles. The van der Waals surface area contributed by atoms with E-state index in [2.05, 4.69) is 54.3 Å². The SMILES string of the molecule is Cc1nccc(C2CCC3(CC2)C2=C(N=NC2)NC2=C3C(=O)CC(C)(C)C2)c1C. The lowest BCUT2D eigenvalue weighted by Gasteiger charge is -2.48. The maximum absolute atomic E-state index is 13.4. The van der Waals surface area contributed by atoms with Crippen LogP contribution in [0.2, 0.25) is 0 Å². The smallest absolute Gasteiger partial charge is 0.162 e. The lowest BCUT2D eigenvalue weighted by molar-refractivity contribution is -0.119. The molecule has 1 aromatic heterocycles. The summed E-state index contributed by atoms with van der Waals surface area (Å²) in [6.45, 7) is 9.29. The highest BCUT2D eigenvalue weighted by molar-refractivity contribution is 6.00. The van der Waals surface area contributed by atoms with Gasteiger partial charge in [-0.15, -0.1) is 5.11 Å².